The van der Waals surface area contributed by atoms with Crippen molar-refractivity contribution < 1.29 is 18.3 Å². The van der Waals surface area contributed by atoms with Crippen LogP contribution in [0.5, 0.6) is 11.5 Å². The number of nitriles is 1. The predicted molar refractivity (Wildman–Crippen MR) is 69.8 cm³/mol. The van der Waals surface area contributed by atoms with Crippen LogP contribution >= 0.6 is 0 Å². The van der Waals surface area contributed by atoms with Crippen LogP contribution in [0, 0.1) is 11.3 Å². The van der Waals surface area contributed by atoms with Crippen LogP contribution in [0.4, 0.5) is 8.78 Å². The van der Waals surface area contributed by atoms with Crippen molar-refractivity contribution in [1.82, 2.24) is 0 Å². The Labute approximate surface area is 115 Å². The Morgan fingerprint density at radius 2 is 1.70 bits per heavy atom. The molecule has 0 aliphatic heterocycles. The molecule has 0 bridgehead atoms. The molecule has 2 rings (SSSR count). The van der Waals surface area contributed by atoms with Crippen molar-refractivity contribution in [3.05, 3.63) is 48.0 Å². The van der Waals surface area contributed by atoms with E-state index in [1.54, 1.807) is 25.3 Å². The first-order chi connectivity index (χ1) is 9.63. The molecular weight excluding hydrogens is 264 g/mol. The van der Waals surface area contributed by atoms with Gasteiger partial charge in [-0.1, -0.05) is 18.2 Å². The third-order valence-electron chi connectivity index (χ3n) is 2.74. The van der Waals surface area contributed by atoms with E-state index in [1.165, 1.54) is 12.1 Å². The summed E-state index contributed by atoms with van der Waals surface area (Å²) < 4.78 is 33.7. The number of methoxy groups -OCH3 is 1. The second-order valence-electron chi connectivity index (χ2n) is 3.93. The van der Waals surface area contributed by atoms with Crippen LogP contribution in [0.3, 0.4) is 0 Å². The Morgan fingerprint density at radius 3 is 2.25 bits per heavy atom. The van der Waals surface area contributed by atoms with E-state index in [1.807, 2.05) is 18.2 Å². The number of halogens is 2. The monoisotopic (exact) mass is 275 g/mol. The fourth-order valence-corrected chi connectivity index (χ4v) is 1.78. The van der Waals surface area contributed by atoms with Gasteiger partial charge in [0.1, 0.15) is 17.6 Å². The van der Waals surface area contributed by atoms with Gasteiger partial charge < -0.3 is 9.47 Å². The molecule has 0 aromatic heterocycles. The summed E-state index contributed by atoms with van der Waals surface area (Å²) in [7, 11) is 1.57. The van der Waals surface area contributed by atoms with Crippen molar-refractivity contribution in [3.8, 4) is 28.7 Å². The van der Waals surface area contributed by atoms with E-state index < -0.39 is 6.61 Å². The second-order valence-corrected chi connectivity index (χ2v) is 3.93. The number of rotatable bonds is 4. The maximum Gasteiger partial charge on any atom is 0.387 e. The first kappa shape index (κ1) is 13.8. The molecule has 20 heavy (non-hydrogen) atoms. The van der Waals surface area contributed by atoms with Crippen molar-refractivity contribution in [1.29, 1.82) is 5.26 Å². The number of alkyl halides is 2. The molecule has 2 aromatic rings. The summed E-state index contributed by atoms with van der Waals surface area (Å²) in [5, 5.41) is 8.99. The van der Waals surface area contributed by atoms with Gasteiger partial charge in [-0.15, -0.1) is 0 Å². The molecule has 2 aromatic carbocycles. The number of ether oxygens (including phenoxy) is 2. The number of hydrogen-bond acceptors (Lipinski definition) is 3. The first-order valence-corrected chi connectivity index (χ1v) is 5.77. The van der Waals surface area contributed by atoms with Gasteiger partial charge in [0.15, 0.2) is 0 Å². The topological polar surface area (TPSA) is 42.2 Å². The molecule has 0 saturated carbocycles. The summed E-state index contributed by atoms with van der Waals surface area (Å²) in [6.45, 7) is -2.95. The van der Waals surface area contributed by atoms with Crippen LogP contribution in [-0.4, -0.2) is 13.7 Å². The fraction of sp³-hybridized carbons (Fsp3) is 0.133. The largest absolute Gasteiger partial charge is 0.497 e. The highest BCUT2D eigenvalue weighted by Gasteiger charge is 2.11. The standard InChI is InChI=1S/C15H11F2NO2/c1-19-13-5-2-10(3-6-13)11-4-7-14(20-15(16)17)12(8-11)9-18/h2-8,15H,1H3. The van der Waals surface area contributed by atoms with E-state index in [9.17, 15) is 8.78 Å². The van der Waals surface area contributed by atoms with Crippen molar-refractivity contribution in [2.75, 3.05) is 7.11 Å². The van der Waals surface area contributed by atoms with Crippen molar-refractivity contribution >= 4 is 0 Å². The van der Waals surface area contributed by atoms with Gasteiger partial charge in [-0.3, -0.25) is 0 Å². The van der Waals surface area contributed by atoms with Crippen LogP contribution in [0.25, 0.3) is 11.1 Å². The first-order valence-electron chi connectivity index (χ1n) is 5.77. The SMILES string of the molecule is COc1ccc(-c2ccc(OC(F)F)c(C#N)c2)cc1. The average molecular weight is 275 g/mol. The van der Waals surface area contributed by atoms with E-state index in [0.717, 1.165) is 11.1 Å². The van der Waals surface area contributed by atoms with E-state index in [2.05, 4.69) is 4.74 Å². The molecule has 5 heteroatoms. The average Bonchev–Trinajstić information content (AvgIpc) is 2.47. The fourth-order valence-electron chi connectivity index (χ4n) is 1.78. The molecule has 0 fully saturated rings. The van der Waals surface area contributed by atoms with Gasteiger partial charge in [0.2, 0.25) is 0 Å². The van der Waals surface area contributed by atoms with Crippen molar-refractivity contribution in [2.45, 2.75) is 6.61 Å². The highest BCUT2D eigenvalue weighted by atomic mass is 19.3. The lowest BCUT2D eigenvalue weighted by molar-refractivity contribution is -0.0500. The Kier molecular flexibility index (Phi) is 4.16. The molecule has 0 aliphatic rings. The zero-order valence-corrected chi connectivity index (χ0v) is 10.6. The highest BCUT2D eigenvalue weighted by Crippen LogP contribution is 2.28. The zero-order chi connectivity index (χ0) is 14.5. The summed E-state index contributed by atoms with van der Waals surface area (Å²) in [5.74, 6) is 0.590. The van der Waals surface area contributed by atoms with Crippen LogP contribution in [0.2, 0.25) is 0 Å². The van der Waals surface area contributed by atoms with Gasteiger partial charge >= 0.3 is 6.61 Å². The smallest absolute Gasteiger partial charge is 0.387 e. The van der Waals surface area contributed by atoms with Crippen LogP contribution < -0.4 is 9.47 Å². The van der Waals surface area contributed by atoms with Crippen molar-refractivity contribution in [3.63, 3.8) is 0 Å². The second kappa shape index (κ2) is 6.02. The lowest BCUT2D eigenvalue weighted by Gasteiger charge is -2.09. The van der Waals surface area contributed by atoms with Crippen LogP contribution in [0.1, 0.15) is 5.56 Å². The Bertz CT molecular complexity index is 633. The van der Waals surface area contributed by atoms with Crippen LogP contribution in [0.15, 0.2) is 42.5 Å². The van der Waals surface area contributed by atoms with Crippen molar-refractivity contribution in [2.24, 2.45) is 0 Å². The Hall–Kier alpha value is -2.61. The minimum atomic E-state index is -2.95. The third kappa shape index (κ3) is 3.04. The normalized spacial score (nSPS) is 10.2. The molecule has 0 N–H and O–H groups in total. The van der Waals surface area contributed by atoms with E-state index in [4.69, 9.17) is 10.00 Å². The highest BCUT2D eigenvalue weighted by molar-refractivity contribution is 5.67. The number of nitrogens with zero attached hydrogens (tertiary/aromatic N) is 1. The maximum absolute atomic E-state index is 12.2. The summed E-state index contributed by atoms with van der Waals surface area (Å²) in [6.07, 6.45) is 0. The summed E-state index contributed by atoms with van der Waals surface area (Å²) in [6, 6.07) is 13.6. The molecular formula is C15H11F2NO2. The van der Waals surface area contributed by atoms with E-state index in [-0.39, 0.29) is 11.3 Å². The van der Waals surface area contributed by atoms with E-state index in [0.29, 0.717) is 5.75 Å². The molecule has 102 valence electrons. The predicted octanol–water partition coefficient (Wildman–Crippen LogP) is 3.84. The zero-order valence-electron chi connectivity index (χ0n) is 10.6. The quantitative estimate of drug-likeness (QED) is 0.851. The molecule has 0 radical (unpaired) electrons. The Balaban J connectivity index is 2.35. The van der Waals surface area contributed by atoms with Gasteiger partial charge in [-0.05, 0) is 35.4 Å². The molecule has 0 unspecified atom stereocenters. The van der Waals surface area contributed by atoms with Gasteiger partial charge in [-0.2, -0.15) is 14.0 Å². The molecule has 0 saturated heterocycles. The number of hydrogen-bond donors (Lipinski definition) is 0. The lowest BCUT2D eigenvalue weighted by Crippen LogP contribution is -2.03. The molecule has 0 heterocycles. The molecule has 0 spiro atoms. The van der Waals surface area contributed by atoms with Gasteiger partial charge in [0, 0.05) is 0 Å². The Morgan fingerprint density at radius 1 is 1.05 bits per heavy atom. The molecule has 0 aliphatic carbocycles. The molecule has 3 nitrogen and oxygen atoms in total. The number of benzene rings is 2. The summed E-state index contributed by atoms with van der Waals surface area (Å²) in [4.78, 5) is 0. The molecule has 0 atom stereocenters. The maximum atomic E-state index is 12.2. The molecule has 0 amide bonds. The lowest BCUT2D eigenvalue weighted by atomic mass is 10.0. The summed E-state index contributed by atoms with van der Waals surface area (Å²) >= 11 is 0. The third-order valence-corrected chi connectivity index (χ3v) is 2.74. The van der Waals surface area contributed by atoms with E-state index >= 15 is 0 Å². The minimum absolute atomic E-state index is 0.0682. The minimum Gasteiger partial charge on any atom is -0.497 e. The van der Waals surface area contributed by atoms with Gasteiger partial charge in [0.05, 0.1) is 12.7 Å². The summed E-state index contributed by atoms with van der Waals surface area (Å²) in [5.41, 5.74) is 1.66. The van der Waals surface area contributed by atoms with Gasteiger partial charge in [-0.25, -0.2) is 0 Å². The van der Waals surface area contributed by atoms with Gasteiger partial charge in [0.25, 0.3) is 0 Å². The van der Waals surface area contributed by atoms with Crippen LogP contribution in [-0.2, 0) is 0 Å².